The highest BCUT2D eigenvalue weighted by molar-refractivity contribution is 8.17. The third-order valence-electron chi connectivity index (χ3n) is 1.95. The van der Waals surface area contributed by atoms with E-state index in [0.717, 1.165) is 20.0 Å². The molecule has 0 fully saturated rings. The van der Waals surface area contributed by atoms with Crippen molar-refractivity contribution >= 4 is 62.6 Å². The van der Waals surface area contributed by atoms with Gasteiger partial charge in [-0.05, 0) is 12.1 Å². The molecule has 1 aromatic rings. The normalized spacial score (nSPS) is 11.5. The van der Waals surface area contributed by atoms with Gasteiger partial charge in [-0.25, -0.2) is 0 Å². The molecule has 106 valence electrons. The number of para-hydroxylation sites is 1. The van der Waals surface area contributed by atoms with Crippen molar-refractivity contribution in [3.8, 4) is 0 Å². The van der Waals surface area contributed by atoms with Crippen LogP contribution in [0.2, 0.25) is 0 Å². The first-order valence-corrected chi connectivity index (χ1v) is 8.24. The van der Waals surface area contributed by atoms with E-state index in [2.05, 4.69) is 0 Å². The summed E-state index contributed by atoms with van der Waals surface area (Å²) in [5, 5.41) is 0. The summed E-state index contributed by atoms with van der Waals surface area (Å²) in [5.41, 5.74) is 0.439. The molecule has 0 spiro atoms. The summed E-state index contributed by atoms with van der Waals surface area (Å²) in [7, 11) is -0.882. The van der Waals surface area contributed by atoms with Gasteiger partial charge in [0.25, 0.3) is 0 Å². The van der Waals surface area contributed by atoms with Crippen LogP contribution in [0, 0.1) is 0 Å². The summed E-state index contributed by atoms with van der Waals surface area (Å²) < 4.78 is 26.4. The second kappa shape index (κ2) is 7.06. The maximum absolute atomic E-state index is 12.3. The van der Waals surface area contributed by atoms with Crippen LogP contribution in [0.4, 0.5) is 5.69 Å². The highest BCUT2D eigenvalue weighted by Gasteiger charge is 2.27. The van der Waals surface area contributed by atoms with Gasteiger partial charge in [0.15, 0.2) is 0 Å². The van der Waals surface area contributed by atoms with E-state index in [4.69, 9.17) is 34.8 Å². The van der Waals surface area contributed by atoms with Crippen molar-refractivity contribution in [1.29, 1.82) is 0 Å². The monoisotopic (exact) mass is 360 g/mol. The third-order valence-corrected chi connectivity index (χ3v) is 6.22. The summed E-state index contributed by atoms with van der Waals surface area (Å²) in [6.45, 7) is 0. The number of benzene rings is 1. The number of halogens is 3. The smallest absolute Gasteiger partial charge is 0.194 e. The first-order valence-electron chi connectivity index (χ1n) is 4.93. The molecule has 0 aliphatic rings. The predicted octanol–water partition coefficient (Wildman–Crippen LogP) is 3.79. The lowest BCUT2D eigenvalue weighted by Crippen LogP contribution is -2.35. The van der Waals surface area contributed by atoms with Crippen molar-refractivity contribution in [1.82, 2.24) is 4.31 Å². The first kappa shape index (κ1) is 16.9. The van der Waals surface area contributed by atoms with Crippen molar-refractivity contribution in [2.24, 2.45) is 0 Å². The minimum absolute atomic E-state index is 0.0300. The van der Waals surface area contributed by atoms with E-state index in [-0.39, 0.29) is 8.86 Å². The molecule has 0 unspecified atom stereocenters. The number of nitrogens with zero attached hydrogens (tertiary/aromatic N) is 2. The fraction of sp³-hybridized carbons (Fsp3) is 0.200. The Hall–Kier alpha value is -0.110. The van der Waals surface area contributed by atoms with Gasteiger partial charge in [0.1, 0.15) is 8.86 Å². The molecule has 1 aromatic carbocycles. The molecule has 0 saturated heterocycles. The number of hydrogen-bond acceptors (Lipinski definition) is 3. The fourth-order valence-electron chi connectivity index (χ4n) is 1.04. The number of hydrogen-bond donors (Lipinski definition) is 0. The zero-order valence-electron chi connectivity index (χ0n) is 10.0. The molecule has 0 N–H and O–H groups in total. The number of rotatable bonds is 5. The molecule has 19 heavy (non-hydrogen) atoms. The second-order valence-electron chi connectivity index (χ2n) is 3.48. The Bertz CT molecular complexity index is 557. The van der Waals surface area contributed by atoms with E-state index in [9.17, 15) is 8.42 Å². The van der Waals surface area contributed by atoms with Crippen LogP contribution in [0.1, 0.15) is 0 Å². The Kier molecular flexibility index (Phi) is 6.29. The average Bonchev–Trinajstić information content (AvgIpc) is 2.36. The van der Waals surface area contributed by atoms with Crippen LogP contribution < -0.4 is 3.71 Å². The zero-order valence-corrected chi connectivity index (χ0v) is 13.9. The van der Waals surface area contributed by atoms with Crippen LogP contribution in [-0.2, 0) is 10.2 Å². The SMILES string of the molecule is CN(C)S(=O)(=O)N(SC(Cl)=C(Cl)Cl)c1ccccc1. The summed E-state index contributed by atoms with van der Waals surface area (Å²) in [6.07, 6.45) is 0. The van der Waals surface area contributed by atoms with Crippen molar-refractivity contribution in [2.75, 3.05) is 17.8 Å². The standard InChI is InChI=1S/C10H11Cl3N2O2S2/c1-14(2)19(16,17)15(18-10(13)9(11)12)8-6-4-3-5-7-8/h3-7H,1-2H3. The molecule has 0 bridgehead atoms. The van der Waals surface area contributed by atoms with Gasteiger partial charge in [0.2, 0.25) is 0 Å². The van der Waals surface area contributed by atoms with Gasteiger partial charge >= 0.3 is 10.2 Å². The van der Waals surface area contributed by atoms with Gasteiger partial charge in [-0.2, -0.15) is 16.4 Å². The van der Waals surface area contributed by atoms with Crippen LogP contribution in [0.25, 0.3) is 0 Å². The molecule has 0 heterocycles. The summed E-state index contributed by atoms with van der Waals surface area (Å²) in [4.78, 5) is 0. The van der Waals surface area contributed by atoms with E-state index < -0.39 is 10.2 Å². The molecule has 0 saturated carbocycles. The predicted molar refractivity (Wildman–Crippen MR) is 83.7 cm³/mol. The second-order valence-corrected chi connectivity index (χ2v) is 8.21. The quantitative estimate of drug-likeness (QED) is 0.749. The Morgan fingerprint density at radius 1 is 1.11 bits per heavy atom. The zero-order chi connectivity index (χ0) is 14.6. The van der Waals surface area contributed by atoms with Gasteiger partial charge in [0.05, 0.1) is 5.69 Å². The van der Waals surface area contributed by atoms with Gasteiger partial charge in [-0.1, -0.05) is 53.0 Å². The maximum atomic E-state index is 12.3. The average molecular weight is 362 g/mol. The molecule has 0 aliphatic carbocycles. The van der Waals surface area contributed by atoms with Crippen molar-refractivity contribution < 1.29 is 8.42 Å². The molecular formula is C10H11Cl3N2O2S2. The minimum Gasteiger partial charge on any atom is -0.194 e. The van der Waals surface area contributed by atoms with Gasteiger partial charge in [-0.15, -0.1) is 0 Å². The maximum Gasteiger partial charge on any atom is 0.313 e. The van der Waals surface area contributed by atoms with E-state index in [1.807, 2.05) is 0 Å². The topological polar surface area (TPSA) is 40.6 Å². The Labute approximate surface area is 132 Å². The van der Waals surface area contributed by atoms with Crippen LogP contribution in [-0.4, -0.2) is 26.8 Å². The van der Waals surface area contributed by atoms with Gasteiger partial charge < -0.3 is 0 Å². The van der Waals surface area contributed by atoms with Crippen LogP contribution in [0.5, 0.6) is 0 Å². The van der Waals surface area contributed by atoms with E-state index in [0.29, 0.717) is 5.69 Å². The molecule has 0 aromatic heterocycles. The third kappa shape index (κ3) is 4.44. The molecule has 9 heteroatoms. The van der Waals surface area contributed by atoms with E-state index >= 15 is 0 Å². The van der Waals surface area contributed by atoms with Crippen LogP contribution in [0.3, 0.4) is 0 Å². The van der Waals surface area contributed by atoms with Crippen molar-refractivity contribution in [3.63, 3.8) is 0 Å². The highest BCUT2D eigenvalue weighted by atomic mass is 35.5. The van der Waals surface area contributed by atoms with Gasteiger partial charge in [0, 0.05) is 26.0 Å². The molecule has 0 radical (unpaired) electrons. The Balaban J connectivity index is 3.25. The number of anilines is 1. The Morgan fingerprint density at radius 2 is 1.63 bits per heavy atom. The Morgan fingerprint density at radius 3 is 2.05 bits per heavy atom. The molecular weight excluding hydrogens is 351 g/mol. The molecule has 0 atom stereocenters. The minimum atomic E-state index is -3.73. The lowest BCUT2D eigenvalue weighted by molar-refractivity contribution is 0.523. The fourth-order valence-corrected chi connectivity index (χ4v) is 3.70. The highest BCUT2D eigenvalue weighted by Crippen LogP contribution is 2.37. The summed E-state index contributed by atoms with van der Waals surface area (Å²) in [6, 6.07) is 8.49. The van der Waals surface area contributed by atoms with Crippen LogP contribution >= 0.6 is 46.8 Å². The van der Waals surface area contributed by atoms with Crippen molar-refractivity contribution in [2.45, 2.75) is 0 Å². The van der Waals surface area contributed by atoms with E-state index in [1.165, 1.54) is 14.1 Å². The molecule has 1 rings (SSSR count). The largest absolute Gasteiger partial charge is 0.313 e. The summed E-state index contributed by atoms with van der Waals surface area (Å²) in [5.74, 6) is 0. The summed E-state index contributed by atoms with van der Waals surface area (Å²) >= 11 is 17.6. The lowest BCUT2D eigenvalue weighted by Gasteiger charge is -2.25. The molecule has 0 amide bonds. The molecule has 0 aliphatic heterocycles. The van der Waals surface area contributed by atoms with Crippen LogP contribution in [0.15, 0.2) is 39.2 Å². The lowest BCUT2D eigenvalue weighted by atomic mass is 10.3. The van der Waals surface area contributed by atoms with Gasteiger partial charge in [-0.3, -0.25) is 0 Å². The first-order chi connectivity index (χ1) is 8.76. The molecule has 4 nitrogen and oxygen atoms in total. The van der Waals surface area contributed by atoms with Crippen molar-refractivity contribution in [3.05, 3.63) is 39.2 Å². The van der Waals surface area contributed by atoms with E-state index in [1.54, 1.807) is 30.3 Å².